The van der Waals surface area contributed by atoms with Crippen molar-refractivity contribution in [1.82, 2.24) is 9.71 Å². The van der Waals surface area contributed by atoms with E-state index >= 15 is 0 Å². The molecular formula is C13H14N2O3S. The Kier molecular flexibility index (Phi) is 3.28. The molecular weight excluding hydrogens is 264 g/mol. The number of fused-ring (bicyclic) bond motifs is 1. The number of nitrogens with one attached hydrogen (secondary N) is 1. The highest BCUT2D eigenvalue weighted by Crippen LogP contribution is 2.20. The number of sulfonamides is 1. The molecule has 5 nitrogen and oxygen atoms in total. The molecule has 0 spiro atoms. The molecule has 0 radical (unpaired) electrons. The van der Waals surface area contributed by atoms with Gasteiger partial charge in [-0.25, -0.2) is 13.1 Å². The Morgan fingerprint density at radius 3 is 2.53 bits per heavy atom. The number of aryl methyl sites for hydroxylation is 2. The number of rotatable bonds is 2. The molecule has 19 heavy (non-hydrogen) atoms. The molecule has 0 saturated carbocycles. The van der Waals surface area contributed by atoms with Crippen LogP contribution < -0.4 is 4.72 Å². The second-order valence-corrected chi connectivity index (χ2v) is 6.28. The van der Waals surface area contributed by atoms with Gasteiger partial charge in [0.1, 0.15) is 0 Å². The van der Waals surface area contributed by atoms with E-state index < -0.39 is 15.9 Å². The van der Waals surface area contributed by atoms with Gasteiger partial charge in [-0.15, -0.1) is 0 Å². The molecule has 2 rings (SSSR count). The third-order valence-corrected chi connectivity index (χ3v) is 3.17. The number of pyridine rings is 1. The van der Waals surface area contributed by atoms with Crippen LogP contribution in [0.4, 0.5) is 0 Å². The van der Waals surface area contributed by atoms with Gasteiger partial charge in [-0.05, 0) is 32.0 Å². The lowest BCUT2D eigenvalue weighted by molar-refractivity contribution is 0.0983. The second-order valence-electron chi connectivity index (χ2n) is 4.54. The molecule has 0 aliphatic carbocycles. The molecule has 1 heterocycles. The molecule has 0 atom stereocenters. The van der Waals surface area contributed by atoms with Crippen molar-refractivity contribution in [2.75, 3.05) is 6.26 Å². The number of carbonyl (C=O) groups excluding carboxylic acids is 1. The minimum Gasteiger partial charge on any atom is -0.268 e. The quantitative estimate of drug-likeness (QED) is 0.904. The summed E-state index contributed by atoms with van der Waals surface area (Å²) in [5.74, 6) is -0.636. The van der Waals surface area contributed by atoms with Crippen molar-refractivity contribution in [3.8, 4) is 0 Å². The maximum Gasteiger partial charge on any atom is 0.265 e. The number of hydrogen-bond acceptors (Lipinski definition) is 4. The molecule has 0 fully saturated rings. The van der Waals surface area contributed by atoms with Gasteiger partial charge in [-0.1, -0.05) is 11.6 Å². The number of aromatic nitrogens is 1. The Morgan fingerprint density at radius 1 is 1.21 bits per heavy atom. The van der Waals surface area contributed by atoms with Crippen molar-refractivity contribution < 1.29 is 13.2 Å². The fraction of sp³-hybridized carbons (Fsp3) is 0.231. The Bertz CT molecular complexity index is 767. The van der Waals surface area contributed by atoms with Crippen molar-refractivity contribution in [2.45, 2.75) is 13.8 Å². The van der Waals surface area contributed by atoms with Crippen LogP contribution in [-0.2, 0) is 10.0 Å². The monoisotopic (exact) mass is 278 g/mol. The zero-order chi connectivity index (χ0) is 14.2. The highest BCUT2D eigenvalue weighted by Gasteiger charge is 2.15. The minimum atomic E-state index is -3.58. The normalized spacial score (nSPS) is 11.5. The van der Waals surface area contributed by atoms with E-state index in [4.69, 9.17) is 0 Å². The zero-order valence-corrected chi connectivity index (χ0v) is 11.7. The van der Waals surface area contributed by atoms with Gasteiger partial charge in [0.2, 0.25) is 10.0 Å². The third kappa shape index (κ3) is 3.08. The Hall–Kier alpha value is -1.95. The van der Waals surface area contributed by atoms with Crippen LogP contribution >= 0.6 is 0 Å². The van der Waals surface area contributed by atoms with Gasteiger partial charge in [-0.2, -0.15) is 0 Å². The first-order chi connectivity index (χ1) is 8.76. The molecule has 1 amide bonds. The molecule has 1 aromatic heterocycles. The average Bonchev–Trinajstić information content (AvgIpc) is 2.26. The second kappa shape index (κ2) is 4.62. The predicted molar refractivity (Wildman–Crippen MR) is 73.5 cm³/mol. The summed E-state index contributed by atoms with van der Waals surface area (Å²) in [6.45, 7) is 3.66. The van der Waals surface area contributed by atoms with E-state index in [2.05, 4.69) is 4.98 Å². The van der Waals surface area contributed by atoms with Crippen LogP contribution in [0.1, 0.15) is 21.6 Å². The van der Waals surface area contributed by atoms with Gasteiger partial charge >= 0.3 is 0 Å². The van der Waals surface area contributed by atoms with Crippen LogP contribution in [0.15, 0.2) is 24.3 Å². The molecule has 100 valence electrons. The van der Waals surface area contributed by atoms with Crippen molar-refractivity contribution in [2.24, 2.45) is 0 Å². The van der Waals surface area contributed by atoms with E-state index in [0.29, 0.717) is 22.2 Å². The highest BCUT2D eigenvalue weighted by atomic mass is 32.2. The summed E-state index contributed by atoms with van der Waals surface area (Å²) < 4.78 is 24.3. The molecule has 0 aliphatic heterocycles. The van der Waals surface area contributed by atoms with Crippen LogP contribution in [0.5, 0.6) is 0 Å². The minimum absolute atomic E-state index is 0.316. The van der Waals surface area contributed by atoms with E-state index in [1.807, 2.05) is 29.8 Å². The zero-order valence-electron chi connectivity index (χ0n) is 10.9. The third-order valence-electron chi connectivity index (χ3n) is 2.61. The summed E-state index contributed by atoms with van der Waals surface area (Å²) in [5, 5.41) is 0.645. The predicted octanol–water partition coefficient (Wildman–Crippen LogP) is 1.54. The number of amides is 1. The topological polar surface area (TPSA) is 76.1 Å². The number of hydrogen-bond donors (Lipinski definition) is 1. The van der Waals surface area contributed by atoms with Crippen LogP contribution in [0, 0.1) is 13.8 Å². The largest absolute Gasteiger partial charge is 0.268 e. The van der Waals surface area contributed by atoms with Crippen molar-refractivity contribution >= 4 is 26.8 Å². The molecule has 0 unspecified atom stereocenters. The summed E-state index contributed by atoms with van der Waals surface area (Å²) in [5.41, 5.74) is 2.63. The van der Waals surface area contributed by atoms with Crippen LogP contribution in [0.3, 0.4) is 0 Å². The molecule has 0 aliphatic rings. The summed E-state index contributed by atoms with van der Waals surface area (Å²) in [7, 11) is -3.58. The van der Waals surface area contributed by atoms with E-state index in [0.717, 1.165) is 11.8 Å². The molecule has 1 aromatic carbocycles. The first-order valence-corrected chi connectivity index (χ1v) is 7.55. The fourth-order valence-corrected chi connectivity index (χ4v) is 2.33. The van der Waals surface area contributed by atoms with Crippen LogP contribution in [-0.4, -0.2) is 25.6 Å². The average molecular weight is 278 g/mol. The van der Waals surface area contributed by atoms with Crippen molar-refractivity contribution in [3.05, 3.63) is 41.1 Å². The van der Waals surface area contributed by atoms with Gasteiger partial charge in [0.05, 0.1) is 17.3 Å². The maximum atomic E-state index is 12.0. The van der Waals surface area contributed by atoms with Gasteiger partial charge < -0.3 is 0 Å². The number of benzene rings is 1. The molecule has 0 saturated heterocycles. The molecule has 6 heteroatoms. The van der Waals surface area contributed by atoms with E-state index in [1.165, 1.54) is 0 Å². The Balaban J connectivity index is 2.65. The summed E-state index contributed by atoms with van der Waals surface area (Å²) in [6.07, 6.45) is 0.951. The standard InChI is InChI=1S/C13H14N2O3S/c1-8-4-5-12-10(6-8)11(7-9(2)14-12)13(16)15-19(3,17)18/h4-7H,1-3H3,(H,15,16). The van der Waals surface area contributed by atoms with Crippen LogP contribution in [0.2, 0.25) is 0 Å². The van der Waals surface area contributed by atoms with Crippen molar-refractivity contribution in [3.63, 3.8) is 0 Å². The fourth-order valence-electron chi connectivity index (χ4n) is 1.88. The van der Waals surface area contributed by atoms with E-state index in [-0.39, 0.29) is 0 Å². The summed E-state index contributed by atoms with van der Waals surface area (Å²) in [6, 6.07) is 7.11. The van der Waals surface area contributed by atoms with Gasteiger partial charge in [0.15, 0.2) is 0 Å². The first kappa shape index (κ1) is 13.5. The van der Waals surface area contributed by atoms with Crippen molar-refractivity contribution in [1.29, 1.82) is 0 Å². The lowest BCUT2D eigenvalue weighted by Crippen LogP contribution is -2.29. The lowest BCUT2D eigenvalue weighted by atomic mass is 10.1. The lowest BCUT2D eigenvalue weighted by Gasteiger charge is -2.08. The first-order valence-electron chi connectivity index (χ1n) is 5.66. The van der Waals surface area contributed by atoms with E-state index in [1.54, 1.807) is 13.0 Å². The molecule has 1 N–H and O–H groups in total. The summed E-state index contributed by atoms with van der Waals surface area (Å²) >= 11 is 0. The molecule has 0 bridgehead atoms. The van der Waals surface area contributed by atoms with Gasteiger partial charge in [-0.3, -0.25) is 9.78 Å². The molecule has 2 aromatic rings. The van der Waals surface area contributed by atoms with Crippen LogP contribution in [0.25, 0.3) is 10.9 Å². The van der Waals surface area contributed by atoms with Gasteiger partial charge in [0, 0.05) is 11.1 Å². The Labute approximate surface area is 111 Å². The Morgan fingerprint density at radius 2 is 1.89 bits per heavy atom. The maximum absolute atomic E-state index is 12.0. The highest BCUT2D eigenvalue weighted by molar-refractivity contribution is 7.89. The SMILES string of the molecule is Cc1ccc2nc(C)cc(C(=O)NS(C)(=O)=O)c2c1. The van der Waals surface area contributed by atoms with Gasteiger partial charge in [0.25, 0.3) is 5.91 Å². The summed E-state index contributed by atoms with van der Waals surface area (Å²) in [4.78, 5) is 16.3. The number of nitrogens with zero attached hydrogens (tertiary/aromatic N) is 1. The smallest absolute Gasteiger partial charge is 0.265 e. The van der Waals surface area contributed by atoms with E-state index in [9.17, 15) is 13.2 Å². The number of carbonyl (C=O) groups is 1.